The van der Waals surface area contributed by atoms with Crippen LogP contribution in [0.3, 0.4) is 0 Å². The van der Waals surface area contributed by atoms with Crippen LogP contribution in [0.5, 0.6) is 0 Å². The van der Waals surface area contributed by atoms with E-state index in [0.717, 1.165) is 0 Å². The highest BCUT2D eigenvalue weighted by Gasteiger charge is 1.90. The van der Waals surface area contributed by atoms with Gasteiger partial charge in [0.25, 0.3) is 0 Å². The second-order valence-electron chi connectivity index (χ2n) is 2.05. The SMILES string of the molecule is CC(C)COC[C]=O. The number of carbonyl (C=O) groups excluding carboxylic acids is 1. The lowest BCUT2D eigenvalue weighted by atomic mass is 10.2. The molecule has 0 bridgehead atoms. The Bertz CT molecular complexity index is 59.5. The van der Waals surface area contributed by atoms with Crippen LogP contribution in [0.15, 0.2) is 0 Å². The van der Waals surface area contributed by atoms with Crippen molar-refractivity contribution in [3.8, 4) is 0 Å². The fourth-order valence-electron chi connectivity index (χ4n) is 0.336. The Hall–Kier alpha value is -0.370. The molecule has 0 aromatic heterocycles. The maximum Gasteiger partial charge on any atom is 0.226 e. The van der Waals surface area contributed by atoms with E-state index < -0.39 is 0 Å². The molecule has 0 N–H and O–H groups in total. The van der Waals surface area contributed by atoms with Gasteiger partial charge in [-0.1, -0.05) is 13.8 Å². The summed E-state index contributed by atoms with van der Waals surface area (Å²) in [4.78, 5) is 9.54. The summed E-state index contributed by atoms with van der Waals surface area (Å²) in [6.45, 7) is 4.82. The Morgan fingerprint density at radius 3 is 2.62 bits per heavy atom. The predicted octanol–water partition coefficient (Wildman–Crippen LogP) is 0.769. The van der Waals surface area contributed by atoms with Gasteiger partial charge >= 0.3 is 0 Å². The van der Waals surface area contributed by atoms with Gasteiger partial charge in [-0.3, -0.25) is 4.79 Å². The molecule has 2 heteroatoms. The van der Waals surface area contributed by atoms with Crippen LogP contribution in [0.25, 0.3) is 0 Å². The molecule has 0 aliphatic carbocycles. The van der Waals surface area contributed by atoms with Crippen LogP contribution < -0.4 is 0 Å². The van der Waals surface area contributed by atoms with Crippen molar-refractivity contribution in [2.45, 2.75) is 13.8 Å². The van der Waals surface area contributed by atoms with Gasteiger partial charge in [-0.15, -0.1) is 0 Å². The number of rotatable bonds is 4. The van der Waals surface area contributed by atoms with Gasteiger partial charge in [0, 0.05) is 6.61 Å². The van der Waals surface area contributed by atoms with E-state index in [1.165, 1.54) is 0 Å². The highest BCUT2D eigenvalue weighted by molar-refractivity contribution is 5.51. The highest BCUT2D eigenvalue weighted by Crippen LogP contribution is 1.89. The van der Waals surface area contributed by atoms with E-state index in [1.54, 1.807) is 6.29 Å². The zero-order chi connectivity index (χ0) is 6.41. The van der Waals surface area contributed by atoms with Crippen molar-refractivity contribution in [2.24, 2.45) is 5.92 Å². The first-order chi connectivity index (χ1) is 3.77. The Morgan fingerprint density at radius 1 is 1.62 bits per heavy atom. The Morgan fingerprint density at radius 2 is 2.25 bits per heavy atom. The van der Waals surface area contributed by atoms with E-state index in [9.17, 15) is 4.79 Å². The van der Waals surface area contributed by atoms with Gasteiger partial charge in [-0.05, 0) is 5.92 Å². The fraction of sp³-hybridized carbons (Fsp3) is 0.833. The third-order valence-electron chi connectivity index (χ3n) is 0.612. The summed E-state index contributed by atoms with van der Waals surface area (Å²) in [5, 5.41) is 0. The molecule has 0 amide bonds. The van der Waals surface area contributed by atoms with Crippen molar-refractivity contribution in [2.75, 3.05) is 13.2 Å². The van der Waals surface area contributed by atoms with E-state index >= 15 is 0 Å². The summed E-state index contributed by atoms with van der Waals surface area (Å²) in [6, 6.07) is 0. The third kappa shape index (κ3) is 5.63. The lowest BCUT2D eigenvalue weighted by molar-refractivity contribution is 0.141. The number of hydrogen-bond donors (Lipinski definition) is 0. The number of ether oxygens (including phenoxy) is 1. The summed E-state index contributed by atoms with van der Waals surface area (Å²) >= 11 is 0. The second kappa shape index (κ2) is 4.78. The molecule has 0 atom stereocenters. The molecule has 47 valence electrons. The van der Waals surface area contributed by atoms with Crippen molar-refractivity contribution >= 4 is 6.29 Å². The second-order valence-corrected chi connectivity index (χ2v) is 2.05. The molecule has 0 rings (SSSR count). The van der Waals surface area contributed by atoms with Gasteiger partial charge in [0.1, 0.15) is 6.61 Å². The van der Waals surface area contributed by atoms with Crippen LogP contribution in [0, 0.1) is 5.92 Å². The predicted molar refractivity (Wildman–Crippen MR) is 31.4 cm³/mol. The average molecular weight is 115 g/mol. The third-order valence-corrected chi connectivity index (χ3v) is 0.612. The Labute approximate surface area is 49.8 Å². The Kier molecular flexibility index (Phi) is 4.56. The molecule has 8 heavy (non-hydrogen) atoms. The summed E-state index contributed by atoms with van der Waals surface area (Å²) in [6.07, 6.45) is 1.65. The van der Waals surface area contributed by atoms with Crippen LogP contribution in [0.2, 0.25) is 0 Å². The van der Waals surface area contributed by atoms with Crippen LogP contribution in [-0.2, 0) is 9.53 Å². The molecule has 0 heterocycles. The first kappa shape index (κ1) is 7.63. The number of hydrogen-bond acceptors (Lipinski definition) is 2. The minimum absolute atomic E-state index is 0.109. The monoisotopic (exact) mass is 115 g/mol. The molecule has 0 aromatic rings. The zero-order valence-electron chi connectivity index (χ0n) is 5.31. The van der Waals surface area contributed by atoms with Gasteiger partial charge in [0.2, 0.25) is 6.29 Å². The summed E-state index contributed by atoms with van der Waals surface area (Å²) in [5.41, 5.74) is 0. The maximum atomic E-state index is 9.54. The molecule has 1 radical (unpaired) electrons. The van der Waals surface area contributed by atoms with Gasteiger partial charge in [0.15, 0.2) is 0 Å². The summed E-state index contributed by atoms with van der Waals surface area (Å²) in [5.74, 6) is 0.503. The van der Waals surface area contributed by atoms with Crippen LogP contribution in [0.1, 0.15) is 13.8 Å². The molecule has 0 aliphatic heterocycles. The van der Waals surface area contributed by atoms with Crippen molar-refractivity contribution in [1.82, 2.24) is 0 Å². The van der Waals surface area contributed by atoms with Gasteiger partial charge in [-0.2, -0.15) is 0 Å². The molecule has 0 fully saturated rings. The highest BCUT2D eigenvalue weighted by atomic mass is 16.5. The van der Waals surface area contributed by atoms with E-state index in [-0.39, 0.29) is 6.61 Å². The van der Waals surface area contributed by atoms with Crippen LogP contribution in [-0.4, -0.2) is 19.5 Å². The van der Waals surface area contributed by atoms with E-state index in [1.807, 2.05) is 13.8 Å². The zero-order valence-corrected chi connectivity index (χ0v) is 5.31. The standard InChI is InChI=1S/C6H11O2/c1-6(2)5-8-4-3-7/h6H,4-5H2,1-2H3. The molecule has 0 unspecified atom stereocenters. The summed E-state index contributed by atoms with van der Waals surface area (Å²) < 4.78 is 4.82. The normalized spacial score (nSPS) is 9.88. The Balaban J connectivity index is 2.81. The molecule has 0 spiro atoms. The molecule has 0 saturated carbocycles. The molecule has 0 aliphatic rings. The quantitative estimate of drug-likeness (QED) is 0.506. The van der Waals surface area contributed by atoms with Crippen molar-refractivity contribution in [3.05, 3.63) is 0 Å². The summed E-state index contributed by atoms with van der Waals surface area (Å²) in [7, 11) is 0. The fourth-order valence-corrected chi connectivity index (χ4v) is 0.336. The average Bonchev–Trinajstić information content (AvgIpc) is 1.66. The van der Waals surface area contributed by atoms with E-state index in [4.69, 9.17) is 4.74 Å². The van der Waals surface area contributed by atoms with Gasteiger partial charge in [-0.25, -0.2) is 0 Å². The lowest BCUT2D eigenvalue weighted by Gasteiger charge is -2.00. The first-order valence-corrected chi connectivity index (χ1v) is 2.70. The van der Waals surface area contributed by atoms with Gasteiger partial charge in [0.05, 0.1) is 0 Å². The van der Waals surface area contributed by atoms with Crippen LogP contribution >= 0.6 is 0 Å². The van der Waals surface area contributed by atoms with Crippen molar-refractivity contribution in [1.29, 1.82) is 0 Å². The van der Waals surface area contributed by atoms with E-state index in [2.05, 4.69) is 0 Å². The van der Waals surface area contributed by atoms with Crippen molar-refractivity contribution in [3.63, 3.8) is 0 Å². The molecule has 2 nitrogen and oxygen atoms in total. The molecule has 0 aromatic carbocycles. The smallest absolute Gasteiger partial charge is 0.226 e. The first-order valence-electron chi connectivity index (χ1n) is 2.70. The maximum absolute atomic E-state index is 9.54. The van der Waals surface area contributed by atoms with E-state index in [0.29, 0.717) is 12.5 Å². The van der Waals surface area contributed by atoms with Gasteiger partial charge < -0.3 is 4.74 Å². The molecular formula is C6H11O2. The lowest BCUT2D eigenvalue weighted by Crippen LogP contribution is -2.03. The molecular weight excluding hydrogens is 104 g/mol. The minimum atomic E-state index is 0.109. The topological polar surface area (TPSA) is 26.3 Å². The van der Waals surface area contributed by atoms with Crippen molar-refractivity contribution < 1.29 is 9.53 Å². The molecule has 0 saturated heterocycles. The minimum Gasteiger partial charge on any atom is -0.373 e. The van der Waals surface area contributed by atoms with Crippen LogP contribution in [0.4, 0.5) is 0 Å². The largest absolute Gasteiger partial charge is 0.373 e.